The van der Waals surface area contributed by atoms with Crippen LogP contribution in [0, 0.1) is 0 Å². The highest BCUT2D eigenvalue weighted by molar-refractivity contribution is 5.84. The SMILES string of the molecule is CC(C)Oc1ccc(N[C@H](C)C(=O)N2CCOCC2)cn1. The van der Waals surface area contributed by atoms with Crippen LogP contribution in [-0.4, -0.2) is 54.2 Å². The van der Waals surface area contributed by atoms with Gasteiger partial charge in [0.05, 0.1) is 31.2 Å². The minimum atomic E-state index is -0.290. The molecule has 1 fully saturated rings. The highest BCUT2D eigenvalue weighted by atomic mass is 16.5. The van der Waals surface area contributed by atoms with Gasteiger partial charge < -0.3 is 19.7 Å². The summed E-state index contributed by atoms with van der Waals surface area (Å²) in [5.41, 5.74) is 0.806. The predicted molar refractivity (Wildman–Crippen MR) is 80.5 cm³/mol. The van der Waals surface area contributed by atoms with Crippen molar-refractivity contribution in [3.63, 3.8) is 0 Å². The van der Waals surface area contributed by atoms with Crippen molar-refractivity contribution < 1.29 is 14.3 Å². The van der Waals surface area contributed by atoms with Gasteiger partial charge in [0.15, 0.2) is 0 Å². The number of hydrogen-bond acceptors (Lipinski definition) is 5. The maximum atomic E-state index is 12.3. The summed E-state index contributed by atoms with van der Waals surface area (Å²) in [5, 5.41) is 3.17. The van der Waals surface area contributed by atoms with E-state index in [1.54, 1.807) is 12.3 Å². The van der Waals surface area contributed by atoms with Crippen LogP contribution in [0.3, 0.4) is 0 Å². The number of aromatic nitrogens is 1. The van der Waals surface area contributed by atoms with E-state index in [-0.39, 0.29) is 18.1 Å². The summed E-state index contributed by atoms with van der Waals surface area (Å²) in [4.78, 5) is 18.3. The van der Waals surface area contributed by atoms with Gasteiger partial charge in [-0.3, -0.25) is 4.79 Å². The molecule has 0 aliphatic carbocycles. The average Bonchev–Trinajstić information content (AvgIpc) is 2.49. The molecule has 0 bridgehead atoms. The molecule has 116 valence electrons. The van der Waals surface area contributed by atoms with Gasteiger partial charge in [-0.05, 0) is 26.8 Å². The topological polar surface area (TPSA) is 63.7 Å². The zero-order valence-corrected chi connectivity index (χ0v) is 12.8. The third-order valence-electron chi connectivity index (χ3n) is 3.17. The van der Waals surface area contributed by atoms with Gasteiger partial charge in [-0.1, -0.05) is 0 Å². The standard InChI is InChI=1S/C15H23N3O3/c1-11(2)21-14-5-4-13(10-16-14)17-12(3)15(19)18-6-8-20-9-7-18/h4-5,10-12,17H,6-9H2,1-3H3/t12-/m1/s1. The van der Waals surface area contributed by atoms with E-state index in [0.717, 1.165) is 5.69 Å². The Labute approximate surface area is 125 Å². The van der Waals surface area contributed by atoms with Crippen molar-refractivity contribution >= 4 is 11.6 Å². The van der Waals surface area contributed by atoms with E-state index in [9.17, 15) is 4.79 Å². The molecule has 1 amide bonds. The number of nitrogens with one attached hydrogen (secondary N) is 1. The lowest BCUT2D eigenvalue weighted by molar-refractivity contribution is -0.135. The number of ether oxygens (including phenoxy) is 2. The zero-order valence-electron chi connectivity index (χ0n) is 12.8. The summed E-state index contributed by atoms with van der Waals surface area (Å²) >= 11 is 0. The highest BCUT2D eigenvalue weighted by Crippen LogP contribution is 2.14. The van der Waals surface area contributed by atoms with Crippen molar-refractivity contribution in [2.45, 2.75) is 32.9 Å². The number of hydrogen-bond donors (Lipinski definition) is 1. The molecule has 0 saturated carbocycles. The van der Waals surface area contributed by atoms with E-state index in [1.807, 2.05) is 31.7 Å². The first-order valence-corrected chi connectivity index (χ1v) is 7.32. The number of nitrogens with zero attached hydrogens (tertiary/aromatic N) is 2. The van der Waals surface area contributed by atoms with E-state index < -0.39 is 0 Å². The van der Waals surface area contributed by atoms with E-state index in [2.05, 4.69) is 10.3 Å². The van der Waals surface area contributed by atoms with Crippen LogP contribution in [0.4, 0.5) is 5.69 Å². The van der Waals surface area contributed by atoms with E-state index >= 15 is 0 Å². The highest BCUT2D eigenvalue weighted by Gasteiger charge is 2.22. The summed E-state index contributed by atoms with van der Waals surface area (Å²) in [6.07, 6.45) is 1.78. The van der Waals surface area contributed by atoms with Gasteiger partial charge in [-0.2, -0.15) is 0 Å². The molecule has 2 heterocycles. The number of amides is 1. The van der Waals surface area contributed by atoms with E-state index in [0.29, 0.717) is 32.2 Å². The van der Waals surface area contributed by atoms with E-state index in [1.165, 1.54) is 0 Å². The van der Waals surface area contributed by atoms with Crippen LogP contribution in [0.2, 0.25) is 0 Å². The van der Waals surface area contributed by atoms with Gasteiger partial charge in [-0.15, -0.1) is 0 Å². The Morgan fingerprint density at radius 2 is 2.05 bits per heavy atom. The van der Waals surface area contributed by atoms with Crippen LogP contribution in [0.25, 0.3) is 0 Å². The van der Waals surface area contributed by atoms with Crippen molar-refractivity contribution in [1.29, 1.82) is 0 Å². The molecule has 0 radical (unpaired) electrons. The molecule has 6 heteroatoms. The fourth-order valence-corrected chi connectivity index (χ4v) is 2.15. The molecular formula is C15H23N3O3. The van der Waals surface area contributed by atoms with Gasteiger partial charge in [0.2, 0.25) is 11.8 Å². The van der Waals surface area contributed by atoms with Crippen LogP contribution in [-0.2, 0) is 9.53 Å². The third kappa shape index (κ3) is 4.60. The summed E-state index contributed by atoms with van der Waals surface area (Å²) in [7, 11) is 0. The second kappa shape index (κ2) is 7.26. The first kappa shape index (κ1) is 15.6. The second-order valence-electron chi connectivity index (χ2n) is 5.36. The molecule has 1 saturated heterocycles. The summed E-state index contributed by atoms with van der Waals surface area (Å²) < 4.78 is 10.7. The van der Waals surface area contributed by atoms with Gasteiger partial charge in [0.25, 0.3) is 0 Å². The summed E-state index contributed by atoms with van der Waals surface area (Å²) in [6, 6.07) is 3.38. The smallest absolute Gasteiger partial charge is 0.244 e. The van der Waals surface area contributed by atoms with Gasteiger partial charge >= 0.3 is 0 Å². The maximum Gasteiger partial charge on any atom is 0.244 e. The molecular weight excluding hydrogens is 270 g/mol. The quantitative estimate of drug-likeness (QED) is 0.892. The molecule has 1 aliphatic heterocycles. The number of carbonyl (C=O) groups is 1. The Balaban J connectivity index is 1.89. The lowest BCUT2D eigenvalue weighted by atomic mass is 10.2. The molecule has 21 heavy (non-hydrogen) atoms. The molecule has 1 aromatic rings. The van der Waals surface area contributed by atoms with Crippen LogP contribution in [0.15, 0.2) is 18.3 Å². The first-order chi connectivity index (χ1) is 10.1. The lowest BCUT2D eigenvalue weighted by Gasteiger charge is -2.29. The monoisotopic (exact) mass is 293 g/mol. The molecule has 2 rings (SSSR count). The second-order valence-corrected chi connectivity index (χ2v) is 5.36. The molecule has 0 aromatic carbocycles. The van der Waals surface area contributed by atoms with Crippen LogP contribution >= 0.6 is 0 Å². The number of anilines is 1. The van der Waals surface area contributed by atoms with Crippen molar-refractivity contribution in [1.82, 2.24) is 9.88 Å². The van der Waals surface area contributed by atoms with Crippen LogP contribution in [0.5, 0.6) is 5.88 Å². The van der Waals surface area contributed by atoms with Crippen LogP contribution in [0.1, 0.15) is 20.8 Å². The largest absolute Gasteiger partial charge is 0.475 e. The Morgan fingerprint density at radius 1 is 1.33 bits per heavy atom. The fourth-order valence-electron chi connectivity index (χ4n) is 2.15. The molecule has 1 aromatic heterocycles. The molecule has 0 unspecified atom stereocenters. The van der Waals surface area contributed by atoms with Gasteiger partial charge in [0, 0.05) is 19.2 Å². The number of carbonyl (C=O) groups excluding carboxylic acids is 1. The van der Waals surface area contributed by atoms with Crippen LogP contribution < -0.4 is 10.1 Å². The third-order valence-corrected chi connectivity index (χ3v) is 3.17. The molecule has 1 atom stereocenters. The van der Waals surface area contributed by atoms with Gasteiger partial charge in [-0.25, -0.2) is 4.98 Å². The normalized spacial score (nSPS) is 16.7. The van der Waals surface area contributed by atoms with E-state index in [4.69, 9.17) is 9.47 Å². The average molecular weight is 293 g/mol. The summed E-state index contributed by atoms with van der Waals surface area (Å²) in [5.74, 6) is 0.670. The van der Waals surface area contributed by atoms with Gasteiger partial charge in [0.1, 0.15) is 6.04 Å². The number of pyridine rings is 1. The first-order valence-electron chi connectivity index (χ1n) is 7.32. The molecule has 1 aliphatic rings. The minimum absolute atomic E-state index is 0.0841. The number of morpholine rings is 1. The Bertz CT molecular complexity index is 456. The maximum absolute atomic E-state index is 12.3. The fraction of sp³-hybridized carbons (Fsp3) is 0.600. The Hall–Kier alpha value is -1.82. The molecule has 1 N–H and O–H groups in total. The molecule has 6 nitrogen and oxygen atoms in total. The predicted octanol–water partition coefficient (Wildman–Crippen LogP) is 1.53. The Kier molecular flexibility index (Phi) is 5.38. The number of rotatable bonds is 5. The van der Waals surface area contributed by atoms with Crippen molar-refractivity contribution in [3.05, 3.63) is 18.3 Å². The van der Waals surface area contributed by atoms with Crippen molar-refractivity contribution in [2.75, 3.05) is 31.6 Å². The molecule has 0 spiro atoms. The van der Waals surface area contributed by atoms with Crippen molar-refractivity contribution in [2.24, 2.45) is 0 Å². The zero-order chi connectivity index (χ0) is 15.2. The lowest BCUT2D eigenvalue weighted by Crippen LogP contribution is -2.47. The Morgan fingerprint density at radius 3 is 2.62 bits per heavy atom. The minimum Gasteiger partial charge on any atom is -0.475 e. The van der Waals surface area contributed by atoms with Crippen molar-refractivity contribution in [3.8, 4) is 5.88 Å². The summed E-state index contributed by atoms with van der Waals surface area (Å²) in [6.45, 7) is 8.31.